The zero-order valence-corrected chi connectivity index (χ0v) is 11.8. The number of rotatable bonds is 2. The maximum Gasteiger partial charge on any atom is 0.159 e. The van der Waals surface area contributed by atoms with E-state index in [2.05, 4.69) is 4.98 Å². The second kappa shape index (κ2) is 4.97. The Morgan fingerprint density at radius 3 is 2.57 bits per heavy atom. The summed E-state index contributed by atoms with van der Waals surface area (Å²) in [4.78, 5) is 14.5. The summed E-state index contributed by atoms with van der Waals surface area (Å²) in [7, 11) is 0. The Bertz CT molecular complexity index is 870. The number of nitrogens with one attached hydrogen (secondary N) is 1. The van der Waals surface area contributed by atoms with Gasteiger partial charge in [0.2, 0.25) is 0 Å². The predicted molar refractivity (Wildman–Crippen MR) is 78.8 cm³/mol. The molecule has 0 saturated carbocycles. The van der Waals surface area contributed by atoms with E-state index >= 15 is 0 Å². The minimum absolute atomic E-state index is 0.338. The molecule has 1 N–H and O–H groups in total. The second-order valence-corrected chi connectivity index (χ2v) is 5.18. The van der Waals surface area contributed by atoms with Gasteiger partial charge in [-0.2, -0.15) is 0 Å². The average Bonchev–Trinajstić information content (AvgIpc) is 2.86. The van der Waals surface area contributed by atoms with Gasteiger partial charge in [-0.05, 0) is 36.8 Å². The van der Waals surface area contributed by atoms with Gasteiger partial charge in [-0.1, -0.05) is 17.7 Å². The van der Waals surface area contributed by atoms with Crippen molar-refractivity contribution in [1.29, 1.82) is 0 Å². The number of aromatic nitrogens is 1. The van der Waals surface area contributed by atoms with Gasteiger partial charge in [-0.15, -0.1) is 0 Å². The number of aryl methyl sites for hydroxylation is 1. The largest absolute Gasteiger partial charge is 0.354 e. The van der Waals surface area contributed by atoms with Crippen molar-refractivity contribution in [2.75, 3.05) is 0 Å². The summed E-state index contributed by atoms with van der Waals surface area (Å²) < 4.78 is 26.5. The Morgan fingerprint density at radius 1 is 1.14 bits per heavy atom. The molecule has 3 aromatic rings. The van der Waals surface area contributed by atoms with Gasteiger partial charge in [0, 0.05) is 16.5 Å². The van der Waals surface area contributed by atoms with Crippen LogP contribution in [-0.2, 0) is 0 Å². The lowest BCUT2D eigenvalue weighted by molar-refractivity contribution is 0.112. The van der Waals surface area contributed by atoms with Crippen LogP contribution in [-0.4, -0.2) is 11.3 Å². The van der Waals surface area contributed by atoms with E-state index in [1.165, 1.54) is 6.07 Å². The summed E-state index contributed by atoms with van der Waals surface area (Å²) in [6, 6.07) is 7.02. The fourth-order valence-corrected chi connectivity index (χ4v) is 2.68. The third-order valence-corrected chi connectivity index (χ3v) is 3.79. The lowest BCUT2D eigenvalue weighted by atomic mass is 10.0. The minimum Gasteiger partial charge on any atom is -0.354 e. The molecule has 0 amide bonds. The Balaban J connectivity index is 2.37. The summed E-state index contributed by atoms with van der Waals surface area (Å²) in [5, 5.41) is 1.02. The number of fused-ring (bicyclic) bond motifs is 1. The van der Waals surface area contributed by atoms with Crippen molar-refractivity contribution in [3.63, 3.8) is 0 Å². The number of hydrogen-bond acceptors (Lipinski definition) is 1. The molecular weight excluding hydrogens is 296 g/mol. The van der Waals surface area contributed by atoms with Gasteiger partial charge < -0.3 is 4.98 Å². The van der Waals surface area contributed by atoms with Gasteiger partial charge in [0.1, 0.15) is 0 Å². The number of halogens is 3. The fourth-order valence-electron chi connectivity index (χ4n) is 2.42. The summed E-state index contributed by atoms with van der Waals surface area (Å²) in [6.45, 7) is 1.87. The molecule has 0 bridgehead atoms. The first-order valence-corrected chi connectivity index (χ1v) is 6.62. The third-order valence-electron chi connectivity index (χ3n) is 3.48. The SMILES string of the molecule is Cc1ccc(Cl)c2c(C=O)c(-c3ccc(F)c(F)c3)[nH]c12. The average molecular weight is 306 g/mol. The smallest absolute Gasteiger partial charge is 0.159 e. The molecule has 1 heterocycles. The summed E-state index contributed by atoms with van der Waals surface area (Å²) in [5.74, 6) is -1.90. The Morgan fingerprint density at radius 2 is 1.90 bits per heavy atom. The quantitative estimate of drug-likeness (QED) is 0.672. The van der Waals surface area contributed by atoms with Gasteiger partial charge in [-0.3, -0.25) is 4.79 Å². The van der Waals surface area contributed by atoms with E-state index in [9.17, 15) is 13.6 Å². The first kappa shape index (κ1) is 13.8. The Hall–Kier alpha value is -2.20. The van der Waals surface area contributed by atoms with Gasteiger partial charge in [0.15, 0.2) is 17.9 Å². The van der Waals surface area contributed by atoms with Gasteiger partial charge in [0.25, 0.3) is 0 Å². The van der Waals surface area contributed by atoms with Crippen LogP contribution in [0.4, 0.5) is 8.78 Å². The van der Waals surface area contributed by atoms with Crippen LogP contribution in [0.3, 0.4) is 0 Å². The van der Waals surface area contributed by atoms with E-state index in [0.29, 0.717) is 39.0 Å². The standard InChI is InChI=1S/C16H10ClF2NO/c1-8-2-4-11(17)14-10(7-21)16(20-15(8)14)9-3-5-12(18)13(19)6-9/h2-7,20H,1H3. The third kappa shape index (κ3) is 2.12. The van der Waals surface area contributed by atoms with Gasteiger partial charge >= 0.3 is 0 Å². The van der Waals surface area contributed by atoms with Crippen molar-refractivity contribution in [3.05, 3.63) is 58.1 Å². The summed E-state index contributed by atoms with van der Waals surface area (Å²) in [5.41, 5.74) is 2.78. The molecular formula is C16H10ClF2NO. The number of aldehydes is 1. The lowest BCUT2D eigenvalue weighted by Crippen LogP contribution is -1.88. The normalized spacial score (nSPS) is 11.0. The number of aromatic amines is 1. The molecule has 3 rings (SSSR count). The van der Waals surface area contributed by atoms with Crippen molar-refractivity contribution >= 4 is 28.8 Å². The van der Waals surface area contributed by atoms with Crippen LogP contribution in [0.2, 0.25) is 5.02 Å². The number of benzene rings is 2. The lowest BCUT2D eigenvalue weighted by Gasteiger charge is -2.01. The number of hydrogen-bond donors (Lipinski definition) is 1. The molecule has 0 radical (unpaired) electrons. The highest BCUT2D eigenvalue weighted by Gasteiger charge is 2.17. The van der Waals surface area contributed by atoms with Crippen molar-refractivity contribution in [2.24, 2.45) is 0 Å². The molecule has 0 aliphatic rings. The molecule has 2 aromatic carbocycles. The maximum absolute atomic E-state index is 13.4. The van der Waals surface area contributed by atoms with E-state index in [1.807, 2.05) is 13.0 Å². The molecule has 5 heteroatoms. The van der Waals surface area contributed by atoms with Crippen molar-refractivity contribution in [2.45, 2.75) is 6.92 Å². The predicted octanol–water partition coefficient (Wildman–Crippen LogP) is 4.89. The number of carbonyl (C=O) groups excluding carboxylic acids is 1. The molecule has 106 valence electrons. The van der Waals surface area contributed by atoms with Crippen molar-refractivity contribution in [3.8, 4) is 11.3 Å². The van der Waals surface area contributed by atoms with Gasteiger partial charge in [-0.25, -0.2) is 8.78 Å². The second-order valence-electron chi connectivity index (χ2n) is 4.77. The number of H-pyrrole nitrogens is 1. The van der Waals surface area contributed by atoms with Crippen LogP contribution >= 0.6 is 11.6 Å². The van der Waals surface area contributed by atoms with E-state index in [0.717, 1.165) is 17.7 Å². The molecule has 2 nitrogen and oxygen atoms in total. The molecule has 1 aromatic heterocycles. The topological polar surface area (TPSA) is 32.9 Å². The van der Waals surface area contributed by atoms with E-state index in [-0.39, 0.29) is 0 Å². The molecule has 0 fully saturated rings. The van der Waals surface area contributed by atoms with Crippen LogP contribution in [0.25, 0.3) is 22.2 Å². The zero-order chi connectivity index (χ0) is 15.1. The molecule has 0 unspecified atom stereocenters. The highest BCUT2D eigenvalue weighted by molar-refractivity contribution is 6.37. The molecule has 0 spiro atoms. The van der Waals surface area contributed by atoms with Crippen molar-refractivity contribution in [1.82, 2.24) is 4.98 Å². The Kier molecular flexibility index (Phi) is 3.26. The van der Waals surface area contributed by atoms with E-state index < -0.39 is 11.6 Å². The van der Waals surface area contributed by atoms with Crippen LogP contribution in [0.15, 0.2) is 30.3 Å². The highest BCUT2D eigenvalue weighted by Crippen LogP contribution is 2.35. The maximum atomic E-state index is 13.4. The monoisotopic (exact) mass is 305 g/mol. The molecule has 0 atom stereocenters. The van der Waals surface area contributed by atoms with Crippen LogP contribution in [0.1, 0.15) is 15.9 Å². The molecule has 0 aliphatic heterocycles. The highest BCUT2D eigenvalue weighted by atomic mass is 35.5. The molecule has 0 aliphatic carbocycles. The van der Waals surface area contributed by atoms with Crippen LogP contribution in [0.5, 0.6) is 0 Å². The fraction of sp³-hybridized carbons (Fsp3) is 0.0625. The first-order valence-electron chi connectivity index (χ1n) is 6.24. The summed E-state index contributed by atoms with van der Waals surface area (Å²) >= 11 is 6.16. The van der Waals surface area contributed by atoms with E-state index in [1.54, 1.807) is 6.07 Å². The van der Waals surface area contributed by atoms with Crippen LogP contribution < -0.4 is 0 Å². The van der Waals surface area contributed by atoms with E-state index in [4.69, 9.17) is 11.6 Å². The molecule has 21 heavy (non-hydrogen) atoms. The Labute approximate surface area is 124 Å². The zero-order valence-electron chi connectivity index (χ0n) is 11.0. The van der Waals surface area contributed by atoms with Gasteiger partial charge in [0.05, 0.1) is 16.2 Å². The molecule has 0 saturated heterocycles. The minimum atomic E-state index is -0.967. The first-order chi connectivity index (χ1) is 10.0. The van der Waals surface area contributed by atoms with Crippen LogP contribution in [0, 0.1) is 18.6 Å². The van der Waals surface area contributed by atoms with Crippen molar-refractivity contribution < 1.29 is 13.6 Å². The summed E-state index contributed by atoms with van der Waals surface area (Å²) in [6.07, 6.45) is 0.667. The number of carbonyl (C=O) groups is 1.